The number of nitrogens with zero attached hydrogens (tertiary/aromatic N) is 1. The van der Waals surface area contributed by atoms with Crippen LogP contribution >= 0.6 is 11.6 Å². The Morgan fingerprint density at radius 2 is 1.88 bits per heavy atom. The molecule has 2 atom stereocenters. The Morgan fingerprint density at radius 3 is 2.64 bits per heavy atom. The first kappa shape index (κ1) is 15.9. The Kier molecular flexibility index (Phi) is 4.06. The van der Waals surface area contributed by atoms with Crippen LogP contribution in [0.4, 0.5) is 5.69 Å². The molecule has 1 saturated carbocycles. The zero-order valence-electron chi connectivity index (χ0n) is 13.7. The molecule has 126 valence electrons. The van der Waals surface area contributed by atoms with Crippen molar-refractivity contribution in [2.75, 3.05) is 5.32 Å². The quantitative estimate of drug-likeness (QED) is 0.715. The predicted octanol–water partition coefficient (Wildman–Crippen LogP) is 5.05. The molecule has 0 unspecified atom stereocenters. The maximum Gasteiger partial charge on any atom is 0.228 e. The van der Waals surface area contributed by atoms with Gasteiger partial charge in [0.2, 0.25) is 5.91 Å². The summed E-state index contributed by atoms with van der Waals surface area (Å²) in [5, 5.41) is 7.72. The van der Waals surface area contributed by atoms with Gasteiger partial charge in [0.15, 0.2) is 5.76 Å². The van der Waals surface area contributed by atoms with Gasteiger partial charge in [0.05, 0.1) is 0 Å². The number of nitrogens with one attached hydrogen (secondary N) is 1. The van der Waals surface area contributed by atoms with Crippen LogP contribution in [-0.2, 0) is 4.79 Å². The summed E-state index contributed by atoms with van der Waals surface area (Å²) in [6.07, 6.45) is 0.806. The second-order valence-corrected chi connectivity index (χ2v) is 6.70. The molecule has 4 rings (SSSR count). The number of amides is 1. The van der Waals surface area contributed by atoms with Gasteiger partial charge in [0, 0.05) is 16.5 Å². The van der Waals surface area contributed by atoms with E-state index in [9.17, 15) is 4.79 Å². The van der Waals surface area contributed by atoms with Crippen LogP contribution < -0.4 is 5.32 Å². The van der Waals surface area contributed by atoms with Crippen LogP contribution in [0.2, 0.25) is 5.02 Å². The van der Waals surface area contributed by atoms with Crippen molar-refractivity contribution in [3.05, 3.63) is 70.9 Å². The molecule has 3 aromatic rings. The average molecular weight is 353 g/mol. The summed E-state index contributed by atoms with van der Waals surface area (Å²) in [4.78, 5) is 12.7. The lowest BCUT2D eigenvalue weighted by molar-refractivity contribution is -0.117. The summed E-state index contributed by atoms with van der Waals surface area (Å²) in [6.45, 7) is 1.82. The van der Waals surface area contributed by atoms with E-state index in [1.807, 2.05) is 61.5 Å². The van der Waals surface area contributed by atoms with Gasteiger partial charge in [-0.25, -0.2) is 0 Å². The third-order valence-corrected chi connectivity index (χ3v) is 4.92. The molecular weight excluding hydrogens is 336 g/mol. The topological polar surface area (TPSA) is 55.1 Å². The highest BCUT2D eigenvalue weighted by molar-refractivity contribution is 6.31. The minimum absolute atomic E-state index is 0.0200. The van der Waals surface area contributed by atoms with E-state index in [-0.39, 0.29) is 17.7 Å². The minimum Gasteiger partial charge on any atom is -0.354 e. The summed E-state index contributed by atoms with van der Waals surface area (Å²) in [6, 6.07) is 17.3. The number of rotatable bonds is 4. The van der Waals surface area contributed by atoms with Gasteiger partial charge in [-0.1, -0.05) is 65.3 Å². The number of carbonyl (C=O) groups excluding carboxylic acids is 1. The molecule has 5 heteroatoms. The summed E-state index contributed by atoms with van der Waals surface area (Å²) >= 11 is 6.25. The maximum absolute atomic E-state index is 12.7. The van der Waals surface area contributed by atoms with Gasteiger partial charge in [-0.2, -0.15) is 0 Å². The average Bonchev–Trinajstić information content (AvgIpc) is 3.35. The Hall–Kier alpha value is -2.59. The highest BCUT2D eigenvalue weighted by Crippen LogP contribution is 2.50. The van der Waals surface area contributed by atoms with Crippen molar-refractivity contribution in [1.82, 2.24) is 5.16 Å². The van der Waals surface area contributed by atoms with Crippen LogP contribution in [0.3, 0.4) is 0 Å². The first-order valence-corrected chi connectivity index (χ1v) is 8.60. The number of carbonyl (C=O) groups is 1. The lowest BCUT2D eigenvalue weighted by Crippen LogP contribution is -2.15. The molecule has 25 heavy (non-hydrogen) atoms. The molecule has 1 heterocycles. The van der Waals surface area contributed by atoms with Crippen LogP contribution in [0, 0.1) is 12.8 Å². The number of benzene rings is 2. The fourth-order valence-corrected chi connectivity index (χ4v) is 3.40. The lowest BCUT2D eigenvalue weighted by Gasteiger charge is -2.06. The fraction of sp³-hybridized carbons (Fsp3) is 0.200. The Morgan fingerprint density at radius 1 is 1.16 bits per heavy atom. The van der Waals surface area contributed by atoms with E-state index >= 15 is 0 Å². The van der Waals surface area contributed by atoms with Crippen LogP contribution in [0.5, 0.6) is 0 Å². The number of halogens is 1. The lowest BCUT2D eigenvalue weighted by atomic mass is 10.1. The van der Waals surface area contributed by atoms with Gasteiger partial charge in [0.25, 0.3) is 0 Å². The van der Waals surface area contributed by atoms with Gasteiger partial charge < -0.3 is 9.84 Å². The van der Waals surface area contributed by atoms with E-state index in [4.69, 9.17) is 16.1 Å². The summed E-state index contributed by atoms with van der Waals surface area (Å²) in [5.74, 6) is 0.668. The highest BCUT2D eigenvalue weighted by atomic mass is 35.5. The van der Waals surface area contributed by atoms with Crippen molar-refractivity contribution >= 4 is 23.2 Å². The van der Waals surface area contributed by atoms with Crippen LogP contribution in [0.1, 0.15) is 23.6 Å². The zero-order chi connectivity index (χ0) is 17.4. The largest absolute Gasteiger partial charge is 0.354 e. The molecule has 1 aliphatic rings. The number of hydrogen-bond donors (Lipinski definition) is 1. The highest BCUT2D eigenvalue weighted by Gasteiger charge is 2.45. The molecule has 2 aromatic carbocycles. The molecule has 0 spiro atoms. The van der Waals surface area contributed by atoms with Gasteiger partial charge in [-0.3, -0.25) is 4.79 Å². The summed E-state index contributed by atoms with van der Waals surface area (Å²) in [5.41, 5.74) is 3.23. The fourth-order valence-electron chi connectivity index (χ4n) is 3.12. The molecule has 1 amide bonds. The SMILES string of the molecule is Cc1noc(-c2ccccc2)c1NC(=O)[C@@H]1C[C@@H]1c1ccccc1Cl. The van der Waals surface area contributed by atoms with Crippen molar-refractivity contribution in [3.63, 3.8) is 0 Å². The normalized spacial score (nSPS) is 18.8. The van der Waals surface area contributed by atoms with Crippen LogP contribution in [0.25, 0.3) is 11.3 Å². The van der Waals surface area contributed by atoms with Crippen molar-refractivity contribution in [2.45, 2.75) is 19.3 Å². The number of anilines is 1. The van der Waals surface area contributed by atoms with Gasteiger partial charge in [-0.05, 0) is 30.9 Å². The zero-order valence-corrected chi connectivity index (χ0v) is 14.5. The molecular formula is C20H17ClN2O2. The van der Waals surface area contributed by atoms with Gasteiger partial charge in [-0.15, -0.1) is 0 Å². The predicted molar refractivity (Wildman–Crippen MR) is 97.6 cm³/mol. The molecule has 1 aliphatic carbocycles. The molecule has 1 fully saturated rings. The first-order chi connectivity index (χ1) is 12.1. The van der Waals surface area contributed by atoms with Crippen molar-refractivity contribution in [3.8, 4) is 11.3 Å². The van der Waals surface area contributed by atoms with Crippen molar-refractivity contribution in [1.29, 1.82) is 0 Å². The first-order valence-electron chi connectivity index (χ1n) is 8.22. The standard InChI is InChI=1S/C20H17ClN2O2/c1-12-18(19(25-23-12)13-7-3-2-4-8-13)22-20(24)16-11-15(16)14-9-5-6-10-17(14)21/h2-10,15-16H,11H2,1H3,(H,22,24)/t15-,16-/m1/s1. The van der Waals surface area contributed by atoms with Gasteiger partial charge >= 0.3 is 0 Å². The molecule has 0 bridgehead atoms. The summed E-state index contributed by atoms with van der Waals surface area (Å²) in [7, 11) is 0. The number of aromatic nitrogens is 1. The molecule has 1 N–H and O–H groups in total. The monoisotopic (exact) mass is 352 g/mol. The third-order valence-electron chi connectivity index (χ3n) is 4.58. The molecule has 1 aromatic heterocycles. The molecule has 0 aliphatic heterocycles. The van der Waals surface area contributed by atoms with E-state index in [1.165, 1.54) is 0 Å². The van der Waals surface area contributed by atoms with E-state index in [2.05, 4.69) is 10.5 Å². The number of aryl methyl sites for hydroxylation is 1. The van der Waals surface area contributed by atoms with Gasteiger partial charge in [0.1, 0.15) is 11.4 Å². The van der Waals surface area contributed by atoms with E-state index in [1.54, 1.807) is 0 Å². The molecule has 0 radical (unpaired) electrons. The minimum atomic E-state index is -0.0715. The Balaban J connectivity index is 1.53. The second-order valence-electron chi connectivity index (χ2n) is 6.30. The number of hydrogen-bond acceptors (Lipinski definition) is 3. The Labute approximate surface area is 150 Å². The maximum atomic E-state index is 12.7. The van der Waals surface area contributed by atoms with Crippen LogP contribution in [0.15, 0.2) is 59.1 Å². The molecule has 0 saturated heterocycles. The second kappa shape index (κ2) is 6.37. The van der Waals surface area contributed by atoms with E-state index in [0.29, 0.717) is 22.2 Å². The molecule has 4 nitrogen and oxygen atoms in total. The van der Waals surface area contributed by atoms with E-state index < -0.39 is 0 Å². The third kappa shape index (κ3) is 3.05. The smallest absolute Gasteiger partial charge is 0.228 e. The van der Waals surface area contributed by atoms with E-state index in [0.717, 1.165) is 17.5 Å². The van der Waals surface area contributed by atoms with Crippen LogP contribution in [-0.4, -0.2) is 11.1 Å². The summed E-state index contributed by atoms with van der Waals surface area (Å²) < 4.78 is 5.43. The Bertz CT molecular complexity index is 920. The van der Waals surface area contributed by atoms with Crippen molar-refractivity contribution < 1.29 is 9.32 Å². The van der Waals surface area contributed by atoms with Crippen molar-refractivity contribution in [2.24, 2.45) is 5.92 Å².